The maximum atomic E-state index is 13.1. The smallest absolute Gasteiger partial charge is 0.256 e. The molecule has 0 aliphatic heterocycles. The van der Waals surface area contributed by atoms with Crippen LogP contribution in [0.2, 0.25) is 0 Å². The van der Waals surface area contributed by atoms with Crippen LogP contribution >= 0.6 is 0 Å². The maximum absolute atomic E-state index is 13.1. The fourth-order valence-electron chi connectivity index (χ4n) is 3.33. The first-order valence-corrected chi connectivity index (χ1v) is 10.1. The van der Waals surface area contributed by atoms with Gasteiger partial charge in [-0.3, -0.25) is 4.79 Å². The van der Waals surface area contributed by atoms with E-state index in [-0.39, 0.29) is 5.91 Å². The van der Waals surface area contributed by atoms with Crippen molar-refractivity contribution in [3.8, 4) is 5.75 Å². The van der Waals surface area contributed by atoms with Gasteiger partial charge in [-0.2, -0.15) is 0 Å². The topological polar surface area (TPSA) is 47.6 Å². The van der Waals surface area contributed by atoms with E-state index < -0.39 is 5.60 Å². The number of fused-ring (bicyclic) bond motifs is 1. The Bertz CT molecular complexity index is 797. The molecule has 1 saturated carbocycles. The average molecular weight is 370 g/mol. The van der Waals surface area contributed by atoms with Gasteiger partial charge in [-0.25, -0.2) is 0 Å². The summed E-state index contributed by atoms with van der Waals surface area (Å²) in [6, 6.07) is 11.9. The van der Waals surface area contributed by atoms with Crippen molar-refractivity contribution in [2.75, 3.05) is 18.5 Å². The van der Waals surface area contributed by atoms with Gasteiger partial charge < -0.3 is 14.8 Å². The molecule has 0 bridgehead atoms. The van der Waals surface area contributed by atoms with Crippen LogP contribution < -0.4 is 10.1 Å². The van der Waals surface area contributed by atoms with Gasteiger partial charge in [0.15, 0.2) is 0 Å². The number of carbonyl (C=O) groups excluding carboxylic acids is 1. The molecule has 1 fully saturated rings. The van der Waals surface area contributed by atoms with Gasteiger partial charge in [-0.05, 0) is 50.2 Å². The molecule has 0 aromatic heterocycles. The van der Waals surface area contributed by atoms with Gasteiger partial charge in [0, 0.05) is 23.1 Å². The van der Waals surface area contributed by atoms with Crippen molar-refractivity contribution in [1.82, 2.24) is 0 Å². The number of anilines is 1. The number of amides is 1. The van der Waals surface area contributed by atoms with Crippen LogP contribution in [0.4, 0.5) is 5.69 Å². The van der Waals surface area contributed by atoms with Crippen LogP contribution in [0.25, 0.3) is 10.8 Å². The fraction of sp³-hybridized carbons (Fsp3) is 0.522. The zero-order valence-corrected chi connectivity index (χ0v) is 16.9. The Kier molecular flexibility index (Phi) is 6.05. The van der Waals surface area contributed by atoms with Crippen LogP contribution in [0.1, 0.15) is 47.0 Å². The Hall–Kier alpha value is -2.07. The molecule has 146 valence electrons. The summed E-state index contributed by atoms with van der Waals surface area (Å²) in [6.45, 7) is 9.52. The minimum Gasteiger partial charge on any atom is -0.493 e. The Morgan fingerprint density at radius 2 is 1.89 bits per heavy atom. The van der Waals surface area contributed by atoms with Crippen LogP contribution in [0.3, 0.4) is 0 Å². The molecule has 0 heterocycles. The molecular weight excluding hydrogens is 338 g/mol. The lowest BCUT2D eigenvalue weighted by Gasteiger charge is -2.29. The highest BCUT2D eigenvalue weighted by Gasteiger charge is 2.48. The first-order chi connectivity index (χ1) is 13.0. The van der Waals surface area contributed by atoms with E-state index >= 15 is 0 Å². The minimum absolute atomic E-state index is 0.0561. The highest BCUT2D eigenvalue weighted by Crippen LogP contribution is 2.43. The Balaban J connectivity index is 1.86. The predicted molar refractivity (Wildman–Crippen MR) is 110 cm³/mol. The number of benzene rings is 2. The number of ether oxygens (including phenoxy) is 2. The summed E-state index contributed by atoms with van der Waals surface area (Å²) in [7, 11) is 0. The third kappa shape index (κ3) is 4.44. The average Bonchev–Trinajstić information content (AvgIpc) is 3.51. The minimum atomic E-state index is -0.760. The van der Waals surface area contributed by atoms with Gasteiger partial charge in [0.05, 0.1) is 6.61 Å². The molecule has 1 amide bonds. The van der Waals surface area contributed by atoms with Gasteiger partial charge >= 0.3 is 0 Å². The molecule has 3 rings (SSSR count). The van der Waals surface area contributed by atoms with Crippen LogP contribution in [0.5, 0.6) is 5.75 Å². The molecule has 2 aromatic rings. The molecule has 0 unspecified atom stereocenters. The second kappa shape index (κ2) is 8.30. The number of hydrogen-bond donors (Lipinski definition) is 1. The Labute approximate surface area is 162 Å². The van der Waals surface area contributed by atoms with Crippen LogP contribution in [0.15, 0.2) is 36.4 Å². The predicted octanol–water partition coefficient (Wildman–Crippen LogP) is 5.41. The molecule has 0 radical (unpaired) electrons. The molecule has 1 aliphatic carbocycles. The second-order valence-electron chi connectivity index (χ2n) is 8.05. The van der Waals surface area contributed by atoms with Gasteiger partial charge in [0.1, 0.15) is 11.4 Å². The quantitative estimate of drug-likeness (QED) is 0.643. The standard InChI is InChI=1S/C23H31NO3/c1-5-14-27-23(4,17-10-11-17)22(25)24-20-12-13-21(26-15-16(2)3)19-9-7-6-8-18(19)20/h6-9,12-13,16-17H,5,10-11,14-15H2,1-4H3,(H,24,25)/t23-/m1/s1. The Morgan fingerprint density at radius 3 is 2.52 bits per heavy atom. The van der Waals surface area contributed by atoms with Crippen molar-refractivity contribution in [3.63, 3.8) is 0 Å². The maximum Gasteiger partial charge on any atom is 0.256 e. The highest BCUT2D eigenvalue weighted by molar-refractivity contribution is 6.06. The molecule has 1 N–H and O–H groups in total. The van der Waals surface area contributed by atoms with E-state index in [0.717, 1.165) is 41.5 Å². The molecule has 2 aromatic carbocycles. The summed E-state index contributed by atoms with van der Waals surface area (Å²) in [6.07, 6.45) is 3.01. The third-order valence-corrected chi connectivity index (χ3v) is 5.12. The van der Waals surface area contributed by atoms with Crippen molar-refractivity contribution in [2.24, 2.45) is 11.8 Å². The molecule has 4 heteroatoms. The zero-order valence-electron chi connectivity index (χ0n) is 16.9. The van der Waals surface area contributed by atoms with Crippen LogP contribution in [-0.2, 0) is 9.53 Å². The first-order valence-electron chi connectivity index (χ1n) is 10.1. The highest BCUT2D eigenvalue weighted by atomic mass is 16.5. The van der Waals surface area contributed by atoms with E-state index in [1.165, 1.54) is 0 Å². The number of hydrogen-bond acceptors (Lipinski definition) is 3. The molecular formula is C23H31NO3. The van der Waals surface area contributed by atoms with Crippen molar-refractivity contribution < 1.29 is 14.3 Å². The normalized spacial score (nSPS) is 16.3. The lowest BCUT2D eigenvalue weighted by Crippen LogP contribution is -2.45. The zero-order chi connectivity index (χ0) is 19.4. The van der Waals surface area contributed by atoms with Gasteiger partial charge in [0.2, 0.25) is 0 Å². The lowest BCUT2D eigenvalue weighted by molar-refractivity contribution is -0.142. The van der Waals surface area contributed by atoms with E-state index in [0.29, 0.717) is 25.0 Å². The monoisotopic (exact) mass is 369 g/mol. The third-order valence-electron chi connectivity index (χ3n) is 5.12. The second-order valence-corrected chi connectivity index (χ2v) is 8.05. The van der Waals surface area contributed by atoms with Crippen molar-refractivity contribution in [1.29, 1.82) is 0 Å². The summed E-state index contributed by atoms with van der Waals surface area (Å²) in [5.41, 5.74) is 0.0451. The van der Waals surface area contributed by atoms with Crippen LogP contribution in [-0.4, -0.2) is 24.7 Å². The number of carbonyl (C=O) groups is 1. The number of rotatable bonds is 9. The van der Waals surface area contributed by atoms with E-state index in [1.54, 1.807) is 0 Å². The molecule has 4 nitrogen and oxygen atoms in total. The van der Waals surface area contributed by atoms with E-state index in [1.807, 2.05) is 43.3 Å². The molecule has 27 heavy (non-hydrogen) atoms. The first kappa shape index (κ1) is 19.7. The van der Waals surface area contributed by atoms with Crippen molar-refractivity contribution in [2.45, 2.75) is 52.6 Å². The van der Waals surface area contributed by atoms with Gasteiger partial charge in [-0.15, -0.1) is 0 Å². The summed E-state index contributed by atoms with van der Waals surface area (Å²) in [5.74, 6) is 1.56. The SMILES string of the molecule is CCCO[C@@](C)(C(=O)Nc1ccc(OCC(C)C)c2ccccc12)C1CC1. The Morgan fingerprint density at radius 1 is 1.19 bits per heavy atom. The van der Waals surface area contributed by atoms with Crippen molar-refractivity contribution >= 4 is 22.4 Å². The summed E-state index contributed by atoms with van der Waals surface area (Å²) in [5, 5.41) is 5.13. The summed E-state index contributed by atoms with van der Waals surface area (Å²) < 4.78 is 12.0. The van der Waals surface area contributed by atoms with E-state index in [4.69, 9.17) is 9.47 Å². The number of nitrogens with one attached hydrogen (secondary N) is 1. The largest absolute Gasteiger partial charge is 0.493 e. The summed E-state index contributed by atoms with van der Waals surface area (Å²) in [4.78, 5) is 13.1. The van der Waals surface area contributed by atoms with Gasteiger partial charge in [0.25, 0.3) is 5.91 Å². The summed E-state index contributed by atoms with van der Waals surface area (Å²) >= 11 is 0. The molecule has 1 atom stereocenters. The molecule has 1 aliphatic rings. The van der Waals surface area contributed by atoms with Gasteiger partial charge in [-0.1, -0.05) is 45.0 Å². The molecule has 0 spiro atoms. The fourth-order valence-corrected chi connectivity index (χ4v) is 3.33. The van der Waals surface area contributed by atoms with Crippen molar-refractivity contribution in [3.05, 3.63) is 36.4 Å². The van der Waals surface area contributed by atoms with Crippen LogP contribution in [0, 0.1) is 11.8 Å². The lowest BCUT2D eigenvalue weighted by atomic mass is 9.98. The van der Waals surface area contributed by atoms with E-state index in [2.05, 4.69) is 26.1 Å². The van der Waals surface area contributed by atoms with E-state index in [9.17, 15) is 4.79 Å². The molecule has 0 saturated heterocycles.